The Morgan fingerprint density at radius 3 is 2.21 bits per heavy atom. The van der Waals surface area contributed by atoms with Crippen molar-refractivity contribution >= 4 is 11.9 Å². The van der Waals surface area contributed by atoms with Gasteiger partial charge < -0.3 is 9.84 Å². The van der Waals surface area contributed by atoms with E-state index in [1.165, 1.54) is 7.11 Å². The molecule has 3 atom stereocenters. The molecule has 2 aromatic carbocycles. The molecule has 24 heavy (non-hydrogen) atoms. The van der Waals surface area contributed by atoms with Gasteiger partial charge in [-0.25, -0.2) is 4.79 Å². The van der Waals surface area contributed by atoms with Gasteiger partial charge in [-0.15, -0.1) is 0 Å². The molecule has 1 fully saturated rings. The third-order valence-electron chi connectivity index (χ3n) is 4.61. The molecular weight excluding hydrogens is 306 g/mol. The summed E-state index contributed by atoms with van der Waals surface area (Å²) in [6.07, 6.45) is 0.137. The first kappa shape index (κ1) is 16.2. The molecule has 3 rings (SSSR count). The summed E-state index contributed by atoms with van der Waals surface area (Å²) >= 11 is 0. The van der Waals surface area contributed by atoms with Crippen LogP contribution in [0, 0.1) is 5.92 Å². The molecule has 0 aliphatic carbocycles. The van der Waals surface area contributed by atoms with Crippen LogP contribution < -0.4 is 5.32 Å². The third kappa shape index (κ3) is 2.67. The fourth-order valence-corrected chi connectivity index (χ4v) is 3.44. The normalized spacial score (nSPS) is 26.0. The second kappa shape index (κ2) is 6.45. The summed E-state index contributed by atoms with van der Waals surface area (Å²) in [5.41, 5.74) is 0.382. The minimum absolute atomic E-state index is 0.137. The molecule has 0 aromatic heterocycles. The number of rotatable bonds is 4. The highest BCUT2D eigenvalue weighted by Gasteiger charge is 2.54. The van der Waals surface area contributed by atoms with E-state index >= 15 is 0 Å². The molecule has 0 spiro atoms. The number of carbonyl (C=O) groups is 2. The number of benzene rings is 2. The van der Waals surface area contributed by atoms with Crippen LogP contribution >= 0.6 is 0 Å². The molecule has 2 aromatic rings. The monoisotopic (exact) mass is 325 g/mol. The first-order valence-electron chi connectivity index (χ1n) is 7.78. The Bertz CT molecular complexity index is 732. The van der Waals surface area contributed by atoms with Crippen molar-refractivity contribution in [2.45, 2.75) is 18.0 Å². The van der Waals surface area contributed by atoms with Crippen molar-refractivity contribution in [2.75, 3.05) is 7.11 Å². The molecule has 0 radical (unpaired) electrons. The SMILES string of the molecule is COC(=O)[C@@]1(c2ccccc2)C[C@@H](C(=O)O)[C@@H](c2ccccc2)N1. The van der Waals surface area contributed by atoms with Crippen molar-refractivity contribution in [2.24, 2.45) is 5.92 Å². The summed E-state index contributed by atoms with van der Waals surface area (Å²) in [6, 6.07) is 18.0. The highest BCUT2D eigenvalue weighted by Crippen LogP contribution is 2.44. The van der Waals surface area contributed by atoms with Gasteiger partial charge >= 0.3 is 11.9 Å². The Morgan fingerprint density at radius 2 is 1.67 bits per heavy atom. The van der Waals surface area contributed by atoms with Crippen molar-refractivity contribution in [3.05, 3.63) is 71.8 Å². The number of methoxy groups -OCH3 is 1. The van der Waals surface area contributed by atoms with E-state index in [-0.39, 0.29) is 6.42 Å². The first-order chi connectivity index (χ1) is 11.6. The van der Waals surface area contributed by atoms with E-state index in [0.717, 1.165) is 5.56 Å². The number of esters is 1. The molecule has 0 unspecified atom stereocenters. The smallest absolute Gasteiger partial charge is 0.330 e. The molecule has 5 heteroatoms. The van der Waals surface area contributed by atoms with Gasteiger partial charge in [-0.1, -0.05) is 60.7 Å². The number of nitrogens with one attached hydrogen (secondary N) is 1. The van der Waals surface area contributed by atoms with Gasteiger partial charge in [0.15, 0.2) is 0 Å². The van der Waals surface area contributed by atoms with E-state index < -0.39 is 29.4 Å². The van der Waals surface area contributed by atoms with Crippen molar-refractivity contribution < 1.29 is 19.4 Å². The van der Waals surface area contributed by atoms with Gasteiger partial charge in [-0.05, 0) is 17.5 Å². The average molecular weight is 325 g/mol. The Morgan fingerprint density at radius 1 is 1.08 bits per heavy atom. The maximum atomic E-state index is 12.6. The maximum Gasteiger partial charge on any atom is 0.330 e. The molecule has 2 N–H and O–H groups in total. The highest BCUT2D eigenvalue weighted by atomic mass is 16.5. The molecule has 1 saturated heterocycles. The standard InChI is InChI=1S/C19H19NO4/c1-24-18(23)19(14-10-6-3-7-11-14)12-15(17(21)22)16(20-19)13-8-4-2-5-9-13/h2-11,15-16,20H,12H2,1H3,(H,21,22)/t15-,16-,19+/m1/s1. The van der Waals surface area contributed by atoms with Gasteiger partial charge in [-0.2, -0.15) is 0 Å². The Balaban J connectivity index is 2.09. The lowest BCUT2D eigenvalue weighted by Crippen LogP contribution is -2.46. The van der Waals surface area contributed by atoms with Crippen LogP contribution in [0.4, 0.5) is 0 Å². The van der Waals surface area contributed by atoms with Crippen LogP contribution in [-0.2, 0) is 19.9 Å². The van der Waals surface area contributed by atoms with E-state index in [0.29, 0.717) is 5.56 Å². The van der Waals surface area contributed by atoms with E-state index in [1.54, 1.807) is 0 Å². The van der Waals surface area contributed by atoms with Crippen LogP contribution in [0.1, 0.15) is 23.6 Å². The summed E-state index contributed by atoms with van der Waals surface area (Å²) < 4.78 is 5.01. The van der Waals surface area contributed by atoms with Crippen LogP contribution in [0.25, 0.3) is 0 Å². The topological polar surface area (TPSA) is 75.6 Å². The zero-order valence-electron chi connectivity index (χ0n) is 13.3. The predicted molar refractivity (Wildman–Crippen MR) is 88.2 cm³/mol. The summed E-state index contributed by atoms with van der Waals surface area (Å²) in [6.45, 7) is 0. The predicted octanol–water partition coefficient (Wildman–Crippen LogP) is 2.49. The molecule has 1 aliphatic rings. The van der Waals surface area contributed by atoms with Gasteiger partial charge in [0.2, 0.25) is 0 Å². The Hall–Kier alpha value is -2.66. The number of aliphatic carboxylic acids is 1. The van der Waals surface area contributed by atoms with Gasteiger partial charge in [0, 0.05) is 6.04 Å². The maximum absolute atomic E-state index is 12.6. The van der Waals surface area contributed by atoms with Crippen LogP contribution in [0.2, 0.25) is 0 Å². The minimum atomic E-state index is -1.17. The number of ether oxygens (including phenoxy) is 1. The number of carboxylic acids is 1. The second-order valence-corrected chi connectivity index (χ2v) is 5.94. The van der Waals surface area contributed by atoms with Gasteiger partial charge in [0.1, 0.15) is 5.54 Å². The fourth-order valence-electron chi connectivity index (χ4n) is 3.44. The summed E-state index contributed by atoms with van der Waals surface area (Å²) in [5.74, 6) is -2.14. The number of hydrogen-bond donors (Lipinski definition) is 2. The van der Waals surface area contributed by atoms with Crippen LogP contribution in [0.3, 0.4) is 0 Å². The molecular formula is C19H19NO4. The molecule has 5 nitrogen and oxygen atoms in total. The molecule has 0 amide bonds. The number of hydrogen-bond acceptors (Lipinski definition) is 4. The van der Waals surface area contributed by atoms with E-state index in [9.17, 15) is 14.7 Å². The summed E-state index contributed by atoms with van der Waals surface area (Å²) in [4.78, 5) is 24.4. The number of carbonyl (C=O) groups excluding carboxylic acids is 1. The summed E-state index contributed by atoms with van der Waals surface area (Å²) in [5, 5.41) is 13.0. The van der Waals surface area contributed by atoms with E-state index in [2.05, 4.69) is 5.32 Å². The molecule has 1 aliphatic heterocycles. The lowest BCUT2D eigenvalue weighted by Gasteiger charge is -2.28. The van der Waals surface area contributed by atoms with Gasteiger partial charge in [0.25, 0.3) is 0 Å². The minimum Gasteiger partial charge on any atom is -0.481 e. The van der Waals surface area contributed by atoms with Crippen LogP contribution in [0.15, 0.2) is 60.7 Å². The van der Waals surface area contributed by atoms with E-state index in [4.69, 9.17) is 4.74 Å². The van der Waals surface area contributed by atoms with Crippen molar-refractivity contribution in [3.8, 4) is 0 Å². The van der Waals surface area contributed by atoms with Crippen molar-refractivity contribution in [1.82, 2.24) is 5.32 Å². The third-order valence-corrected chi connectivity index (χ3v) is 4.61. The van der Waals surface area contributed by atoms with Crippen molar-refractivity contribution in [1.29, 1.82) is 0 Å². The quantitative estimate of drug-likeness (QED) is 0.845. The molecule has 0 bridgehead atoms. The van der Waals surface area contributed by atoms with Gasteiger partial charge in [0.05, 0.1) is 13.0 Å². The molecule has 1 heterocycles. The number of carboxylic acid groups (broad SMARTS) is 1. The zero-order chi connectivity index (χ0) is 17.2. The fraction of sp³-hybridized carbons (Fsp3) is 0.263. The van der Waals surface area contributed by atoms with Crippen LogP contribution in [-0.4, -0.2) is 24.2 Å². The average Bonchev–Trinajstić information content (AvgIpc) is 3.05. The second-order valence-electron chi connectivity index (χ2n) is 5.94. The largest absolute Gasteiger partial charge is 0.481 e. The molecule has 0 saturated carbocycles. The lowest BCUT2D eigenvalue weighted by molar-refractivity contribution is -0.149. The zero-order valence-corrected chi connectivity index (χ0v) is 13.3. The Kier molecular flexibility index (Phi) is 4.36. The van der Waals surface area contributed by atoms with Crippen LogP contribution in [0.5, 0.6) is 0 Å². The van der Waals surface area contributed by atoms with Gasteiger partial charge in [-0.3, -0.25) is 10.1 Å². The lowest BCUT2D eigenvalue weighted by atomic mass is 9.84. The van der Waals surface area contributed by atoms with E-state index in [1.807, 2.05) is 60.7 Å². The Labute approximate surface area is 140 Å². The first-order valence-corrected chi connectivity index (χ1v) is 7.78. The summed E-state index contributed by atoms with van der Waals surface area (Å²) in [7, 11) is 1.32. The van der Waals surface area contributed by atoms with Crippen molar-refractivity contribution in [3.63, 3.8) is 0 Å². The molecule has 124 valence electrons. The highest BCUT2D eigenvalue weighted by molar-refractivity contribution is 5.85.